The average Bonchev–Trinajstić information content (AvgIpc) is 2.34. The van der Waals surface area contributed by atoms with Crippen molar-refractivity contribution >= 4 is 11.8 Å². The highest BCUT2D eigenvalue weighted by Crippen LogP contribution is 2.26. The maximum atomic E-state index is 12.4. The summed E-state index contributed by atoms with van der Waals surface area (Å²) in [5.74, 6) is -0.910. The summed E-state index contributed by atoms with van der Waals surface area (Å²) in [7, 11) is 3.83. The molecule has 5 heteroatoms. The highest BCUT2D eigenvalue weighted by atomic mass is 16.2. The normalized spacial score (nSPS) is 18.1. The Morgan fingerprint density at radius 3 is 2.09 bits per heavy atom. The summed E-state index contributed by atoms with van der Waals surface area (Å²) in [5.41, 5.74) is -0.293. The van der Waals surface area contributed by atoms with Crippen molar-refractivity contribution in [2.45, 2.75) is 65.5 Å². The van der Waals surface area contributed by atoms with Crippen LogP contribution >= 0.6 is 0 Å². The number of carbonyl (C=O) groups excluding carboxylic acids is 2. The molecule has 1 N–H and O–H groups in total. The zero-order valence-electron chi connectivity index (χ0n) is 15.3. The van der Waals surface area contributed by atoms with Gasteiger partial charge in [-0.1, -0.05) is 20.8 Å². The first-order chi connectivity index (χ1) is 9.91. The van der Waals surface area contributed by atoms with Crippen molar-refractivity contribution in [3.8, 4) is 0 Å². The lowest BCUT2D eigenvalue weighted by atomic mass is 9.82. The Labute approximate surface area is 135 Å². The molecular weight excluding hydrogens is 278 g/mol. The Morgan fingerprint density at radius 2 is 1.64 bits per heavy atom. The minimum Gasteiger partial charge on any atom is -0.343 e. The van der Waals surface area contributed by atoms with Gasteiger partial charge in [0.1, 0.15) is 0 Å². The number of likely N-dealkylation sites (N-methyl/N-ethyl adjacent to an activating group) is 1. The molecule has 1 fully saturated rings. The summed E-state index contributed by atoms with van der Waals surface area (Å²) < 4.78 is 0. The van der Waals surface area contributed by atoms with Gasteiger partial charge in [0.05, 0.1) is 0 Å². The molecule has 5 nitrogen and oxygen atoms in total. The van der Waals surface area contributed by atoms with Crippen LogP contribution in [0.4, 0.5) is 0 Å². The summed E-state index contributed by atoms with van der Waals surface area (Å²) in [6, 6.07) is 0.167. The van der Waals surface area contributed by atoms with Gasteiger partial charge in [-0.2, -0.15) is 0 Å². The molecule has 0 atom stereocenters. The third kappa shape index (κ3) is 5.95. The Morgan fingerprint density at radius 1 is 1.14 bits per heavy atom. The molecule has 1 aliphatic rings. The van der Waals surface area contributed by atoms with Gasteiger partial charge in [-0.25, -0.2) is 0 Å². The lowest BCUT2D eigenvalue weighted by Crippen LogP contribution is -2.54. The van der Waals surface area contributed by atoms with E-state index in [1.165, 1.54) is 0 Å². The minimum atomic E-state index is -0.490. The summed E-state index contributed by atoms with van der Waals surface area (Å²) in [6.45, 7) is 12.3. The summed E-state index contributed by atoms with van der Waals surface area (Å²) in [6.07, 6.45) is 2.67. The molecular formula is C17H33N3O2. The van der Waals surface area contributed by atoms with Crippen LogP contribution in [0.2, 0.25) is 0 Å². The van der Waals surface area contributed by atoms with E-state index in [9.17, 15) is 9.59 Å². The van der Waals surface area contributed by atoms with Crippen LogP contribution in [0.25, 0.3) is 0 Å². The summed E-state index contributed by atoms with van der Waals surface area (Å²) >= 11 is 0. The quantitative estimate of drug-likeness (QED) is 0.810. The molecule has 0 spiro atoms. The first-order valence-electron chi connectivity index (χ1n) is 8.19. The number of rotatable bonds is 3. The molecule has 0 aliphatic carbocycles. The molecule has 1 rings (SSSR count). The second kappa shape index (κ2) is 6.99. The van der Waals surface area contributed by atoms with E-state index in [2.05, 4.69) is 38.0 Å². The number of nitrogens with one attached hydrogen (secondary N) is 1. The maximum absolute atomic E-state index is 12.4. The molecule has 0 unspecified atom stereocenters. The van der Waals surface area contributed by atoms with E-state index in [1.54, 1.807) is 11.9 Å². The third-order valence-corrected chi connectivity index (χ3v) is 4.17. The van der Waals surface area contributed by atoms with Gasteiger partial charge < -0.3 is 15.1 Å². The molecule has 1 aliphatic heterocycles. The van der Waals surface area contributed by atoms with Crippen LogP contribution in [0.3, 0.4) is 0 Å². The van der Waals surface area contributed by atoms with Crippen molar-refractivity contribution in [3.63, 3.8) is 0 Å². The summed E-state index contributed by atoms with van der Waals surface area (Å²) in [5, 5.41) is 2.90. The molecule has 0 saturated carbocycles. The minimum absolute atomic E-state index is 0.0969. The van der Waals surface area contributed by atoms with Crippen molar-refractivity contribution in [2.75, 3.05) is 27.2 Å². The predicted molar refractivity (Wildman–Crippen MR) is 89.6 cm³/mol. The fourth-order valence-corrected chi connectivity index (χ4v) is 3.44. The van der Waals surface area contributed by atoms with Crippen LogP contribution in [-0.4, -0.2) is 60.4 Å². The van der Waals surface area contributed by atoms with Crippen LogP contribution in [0.1, 0.15) is 53.9 Å². The Bertz CT molecular complexity index is 405. The van der Waals surface area contributed by atoms with Gasteiger partial charge in [0.2, 0.25) is 0 Å². The van der Waals surface area contributed by atoms with Crippen molar-refractivity contribution < 1.29 is 9.59 Å². The first-order valence-corrected chi connectivity index (χ1v) is 8.19. The van der Waals surface area contributed by atoms with Crippen molar-refractivity contribution in [3.05, 3.63) is 0 Å². The molecule has 0 aromatic rings. The molecule has 0 aromatic carbocycles. The highest BCUT2D eigenvalue weighted by Gasteiger charge is 2.32. The molecule has 1 heterocycles. The molecule has 1 saturated heterocycles. The van der Waals surface area contributed by atoms with E-state index >= 15 is 0 Å². The van der Waals surface area contributed by atoms with Gasteiger partial charge in [0.15, 0.2) is 0 Å². The van der Waals surface area contributed by atoms with Gasteiger partial charge in [0.25, 0.3) is 0 Å². The Hall–Kier alpha value is -1.10. The van der Waals surface area contributed by atoms with Crippen molar-refractivity contribution in [1.82, 2.24) is 15.1 Å². The van der Waals surface area contributed by atoms with Gasteiger partial charge in [-0.3, -0.25) is 9.59 Å². The molecule has 128 valence electrons. The molecule has 0 bridgehead atoms. The zero-order valence-corrected chi connectivity index (χ0v) is 15.3. The lowest BCUT2D eigenvalue weighted by molar-refractivity contribution is -0.148. The molecule has 0 aromatic heterocycles. The Balaban J connectivity index is 2.59. The van der Waals surface area contributed by atoms with Crippen LogP contribution in [0.5, 0.6) is 0 Å². The average molecular weight is 311 g/mol. The number of piperidine rings is 1. The Kier molecular flexibility index (Phi) is 6.02. The second-order valence-electron chi connectivity index (χ2n) is 8.53. The zero-order chi connectivity index (χ0) is 17.1. The number of hydrogen-bond donors (Lipinski definition) is 1. The SMILES string of the molecule is CN1CCC(N(C)C(=O)C(=O)NC(C)(C)CC(C)(C)C)CC1. The van der Waals surface area contributed by atoms with Crippen LogP contribution in [0.15, 0.2) is 0 Å². The fraction of sp³-hybridized carbons (Fsp3) is 0.882. The van der Waals surface area contributed by atoms with Gasteiger partial charge in [-0.15, -0.1) is 0 Å². The molecule has 0 radical (unpaired) electrons. The van der Waals surface area contributed by atoms with Gasteiger partial charge in [-0.05, 0) is 58.7 Å². The number of carbonyl (C=O) groups is 2. The number of amides is 2. The summed E-state index contributed by atoms with van der Waals surface area (Å²) in [4.78, 5) is 28.5. The van der Waals surface area contributed by atoms with Crippen LogP contribution in [0, 0.1) is 5.41 Å². The monoisotopic (exact) mass is 311 g/mol. The first kappa shape index (κ1) is 18.9. The molecule has 2 amide bonds. The molecule has 22 heavy (non-hydrogen) atoms. The van der Waals surface area contributed by atoms with E-state index in [0.29, 0.717) is 0 Å². The lowest BCUT2D eigenvalue weighted by Gasteiger charge is -2.36. The van der Waals surface area contributed by atoms with E-state index in [0.717, 1.165) is 32.4 Å². The van der Waals surface area contributed by atoms with Crippen molar-refractivity contribution in [1.29, 1.82) is 0 Å². The van der Waals surface area contributed by atoms with E-state index in [1.807, 2.05) is 13.8 Å². The smallest absolute Gasteiger partial charge is 0.311 e. The second-order valence-corrected chi connectivity index (χ2v) is 8.53. The predicted octanol–water partition coefficient (Wildman–Crippen LogP) is 1.87. The standard InChI is InChI=1S/C17H33N3O2/c1-16(2,3)12-17(4,5)18-14(21)15(22)20(7)13-8-10-19(6)11-9-13/h13H,8-12H2,1-7H3,(H,18,21). The number of nitrogens with zero attached hydrogens (tertiary/aromatic N) is 2. The van der Waals surface area contributed by atoms with Crippen LogP contribution in [-0.2, 0) is 9.59 Å². The fourth-order valence-electron chi connectivity index (χ4n) is 3.44. The maximum Gasteiger partial charge on any atom is 0.311 e. The third-order valence-electron chi connectivity index (χ3n) is 4.17. The van der Waals surface area contributed by atoms with Crippen molar-refractivity contribution in [2.24, 2.45) is 5.41 Å². The van der Waals surface area contributed by atoms with E-state index in [4.69, 9.17) is 0 Å². The topological polar surface area (TPSA) is 52.7 Å². The number of likely N-dealkylation sites (tertiary alicyclic amines) is 1. The van der Waals surface area contributed by atoms with Gasteiger partial charge in [0, 0.05) is 18.6 Å². The number of hydrogen-bond acceptors (Lipinski definition) is 3. The van der Waals surface area contributed by atoms with E-state index in [-0.39, 0.29) is 11.5 Å². The largest absolute Gasteiger partial charge is 0.343 e. The highest BCUT2D eigenvalue weighted by molar-refractivity contribution is 6.35. The van der Waals surface area contributed by atoms with E-state index < -0.39 is 17.4 Å². The van der Waals surface area contributed by atoms with Gasteiger partial charge >= 0.3 is 11.8 Å². The van der Waals surface area contributed by atoms with Crippen LogP contribution < -0.4 is 5.32 Å².